The number of hydrogen-bond acceptors (Lipinski definition) is 3. The van der Waals surface area contributed by atoms with Gasteiger partial charge in [-0.2, -0.15) is 0 Å². The predicted molar refractivity (Wildman–Crippen MR) is 101 cm³/mol. The lowest BCUT2D eigenvalue weighted by Gasteiger charge is -2.26. The molecule has 0 bridgehead atoms. The number of likely N-dealkylation sites (tertiary alicyclic amines) is 1. The molecule has 1 amide bonds. The van der Waals surface area contributed by atoms with Crippen LogP contribution in [-0.4, -0.2) is 86.0 Å². The third kappa shape index (κ3) is 7.07. The van der Waals surface area contributed by atoms with Crippen LogP contribution in [0.4, 0.5) is 0 Å². The van der Waals surface area contributed by atoms with Crippen LogP contribution in [0.2, 0.25) is 0 Å². The first-order chi connectivity index (χ1) is 11.5. The molecule has 1 saturated heterocycles. The van der Waals surface area contributed by atoms with E-state index in [4.69, 9.17) is 4.99 Å². The van der Waals surface area contributed by atoms with Crippen LogP contribution in [0.3, 0.4) is 0 Å². The molecule has 0 spiro atoms. The smallest absolute Gasteiger partial charge is 0.242 e. The Balaban J connectivity index is 2.54. The van der Waals surface area contributed by atoms with Gasteiger partial charge in [-0.25, -0.2) is 0 Å². The van der Waals surface area contributed by atoms with Crippen molar-refractivity contribution in [3.63, 3.8) is 0 Å². The van der Waals surface area contributed by atoms with E-state index in [1.807, 2.05) is 30.7 Å². The van der Waals surface area contributed by atoms with Gasteiger partial charge in [-0.3, -0.25) is 9.79 Å². The molecule has 0 aliphatic carbocycles. The summed E-state index contributed by atoms with van der Waals surface area (Å²) < 4.78 is 0. The predicted octanol–water partition coefficient (Wildman–Crippen LogP) is 1.48. The van der Waals surface area contributed by atoms with Gasteiger partial charge in [0, 0.05) is 39.8 Å². The molecule has 1 unspecified atom stereocenters. The number of aliphatic imine (C=N–C) groups is 1. The second-order valence-electron chi connectivity index (χ2n) is 6.73. The maximum atomic E-state index is 12.3. The molecular formula is C18H37N5O. The van der Waals surface area contributed by atoms with Crippen LogP contribution < -0.4 is 5.32 Å². The largest absolute Gasteiger partial charge is 0.357 e. The summed E-state index contributed by atoms with van der Waals surface area (Å²) in [7, 11) is 1.94. The van der Waals surface area contributed by atoms with Crippen LogP contribution in [0.1, 0.15) is 40.5 Å². The molecule has 1 heterocycles. The van der Waals surface area contributed by atoms with E-state index in [-0.39, 0.29) is 5.91 Å². The van der Waals surface area contributed by atoms with Crippen molar-refractivity contribution in [3.05, 3.63) is 0 Å². The van der Waals surface area contributed by atoms with E-state index in [1.165, 1.54) is 25.9 Å². The number of likely N-dealkylation sites (N-methyl/N-ethyl adjacent to an activating group) is 2. The minimum Gasteiger partial charge on any atom is -0.357 e. The molecule has 140 valence electrons. The lowest BCUT2D eigenvalue weighted by molar-refractivity contribution is -0.131. The van der Waals surface area contributed by atoms with Gasteiger partial charge in [0.25, 0.3) is 0 Å². The van der Waals surface area contributed by atoms with Crippen molar-refractivity contribution in [2.45, 2.75) is 40.5 Å². The minimum atomic E-state index is 0.151. The standard InChI is InChI=1S/C18H37N5O/c1-6-19-18(21(5)15-17(24)23(7-2)8-3)20-13-16(4)14-22-11-9-10-12-22/h16H,6-15H2,1-5H3,(H,19,20). The zero-order valence-corrected chi connectivity index (χ0v) is 16.3. The van der Waals surface area contributed by atoms with E-state index in [2.05, 4.69) is 24.1 Å². The number of guanidine groups is 1. The van der Waals surface area contributed by atoms with E-state index in [0.29, 0.717) is 12.5 Å². The molecule has 1 fully saturated rings. The van der Waals surface area contributed by atoms with Gasteiger partial charge in [0.1, 0.15) is 0 Å². The van der Waals surface area contributed by atoms with E-state index in [1.54, 1.807) is 0 Å². The number of carbonyl (C=O) groups excluding carboxylic acids is 1. The molecule has 6 nitrogen and oxygen atoms in total. The molecular weight excluding hydrogens is 302 g/mol. The Bertz CT molecular complexity index is 389. The van der Waals surface area contributed by atoms with Gasteiger partial charge in [-0.05, 0) is 52.6 Å². The average Bonchev–Trinajstić information content (AvgIpc) is 3.05. The Kier molecular flexibility index (Phi) is 9.76. The molecule has 0 aromatic heterocycles. The SMILES string of the molecule is CCNC(=NCC(C)CN1CCCC1)N(C)CC(=O)N(CC)CC. The molecule has 1 atom stereocenters. The molecule has 1 N–H and O–H groups in total. The lowest BCUT2D eigenvalue weighted by Crippen LogP contribution is -2.45. The topological polar surface area (TPSA) is 51.2 Å². The zero-order valence-electron chi connectivity index (χ0n) is 16.3. The summed E-state index contributed by atoms with van der Waals surface area (Å²) in [5.41, 5.74) is 0. The van der Waals surface area contributed by atoms with Crippen LogP contribution in [-0.2, 0) is 4.79 Å². The number of amides is 1. The number of rotatable bonds is 9. The average molecular weight is 340 g/mol. The highest BCUT2D eigenvalue weighted by Crippen LogP contribution is 2.10. The Labute approximate surface area is 148 Å². The van der Waals surface area contributed by atoms with Crippen molar-refractivity contribution >= 4 is 11.9 Å². The van der Waals surface area contributed by atoms with Crippen molar-refractivity contribution < 1.29 is 4.79 Å². The molecule has 1 aliphatic heterocycles. The molecule has 0 radical (unpaired) electrons. The second-order valence-corrected chi connectivity index (χ2v) is 6.73. The van der Waals surface area contributed by atoms with E-state index in [9.17, 15) is 4.79 Å². The third-order valence-electron chi connectivity index (χ3n) is 4.51. The summed E-state index contributed by atoms with van der Waals surface area (Å²) in [6.07, 6.45) is 2.66. The molecule has 0 aromatic carbocycles. The first-order valence-electron chi connectivity index (χ1n) is 9.51. The molecule has 6 heteroatoms. The first kappa shape index (κ1) is 20.7. The Morgan fingerprint density at radius 1 is 1.21 bits per heavy atom. The minimum absolute atomic E-state index is 0.151. The van der Waals surface area contributed by atoms with Crippen molar-refractivity contribution in [2.75, 3.05) is 59.4 Å². The molecule has 1 rings (SSSR count). The Morgan fingerprint density at radius 3 is 2.38 bits per heavy atom. The van der Waals surface area contributed by atoms with Crippen LogP contribution in [0.15, 0.2) is 4.99 Å². The van der Waals surface area contributed by atoms with Crippen LogP contribution in [0.5, 0.6) is 0 Å². The monoisotopic (exact) mass is 339 g/mol. The highest BCUT2D eigenvalue weighted by molar-refractivity contribution is 5.86. The van der Waals surface area contributed by atoms with Crippen molar-refractivity contribution in [2.24, 2.45) is 10.9 Å². The number of hydrogen-bond donors (Lipinski definition) is 1. The van der Waals surface area contributed by atoms with Crippen LogP contribution in [0, 0.1) is 5.92 Å². The molecule has 0 aromatic rings. The Hall–Kier alpha value is -1.30. The van der Waals surface area contributed by atoms with Gasteiger partial charge in [-0.15, -0.1) is 0 Å². The summed E-state index contributed by atoms with van der Waals surface area (Å²) in [5.74, 6) is 1.51. The highest BCUT2D eigenvalue weighted by Gasteiger charge is 2.17. The fourth-order valence-electron chi connectivity index (χ4n) is 3.13. The number of carbonyl (C=O) groups is 1. The first-order valence-corrected chi connectivity index (χ1v) is 9.51. The quantitative estimate of drug-likeness (QED) is 0.511. The summed E-state index contributed by atoms with van der Waals surface area (Å²) in [5, 5.41) is 3.30. The molecule has 0 saturated carbocycles. The normalized spacial score (nSPS) is 17.0. The van der Waals surface area contributed by atoms with E-state index < -0.39 is 0 Å². The zero-order chi connectivity index (χ0) is 17.9. The van der Waals surface area contributed by atoms with Crippen molar-refractivity contribution in [1.82, 2.24) is 20.0 Å². The number of nitrogens with one attached hydrogen (secondary N) is 1. The maximum Gasteiger partial charge on any atom is 0.242 e. The van der Waals surface area contributed by atoms with Gasteiger partial charge in [0.2, 0.25) is 5.91 Å². The van der Waals surface area contributed by atoms with Gasteiger partial charge in [0.15, 0.2) is 5.96 Å². The lowest BCUT2D eigenvalue weighted by atomic mass is 10.2. The van der Waals surface area contributed by atoms with Gasteiger partial charge >= 0.3 is 0 Å². The second kappa shape index (κ2) is 11.3. The van der Waals surface area contributed by atoms with Crippen LogP contribution in [0.25, 0.3) is 0 Å². The third-order valence-corrected chi connectivity index (χ3v) is 4.51. The van der Waals surface area contributed by atoms with Gasteiger partial charge < -0.3 is 20.0 Å². The maximum absolute atomic E-state index is 12.3. The summed E-state index contributed by atoms with van der Waals surface area (Å²) in [4.78, 5) is 23.4. The molecule has 24 heavy (non-hydrogen) atoms. The van der Waals surface area contributed by atoms with E-state index >= 15 is 0 Å². The van der Waals surface area contributed by atoms with E-state index in [0.717, 1.165) is 38.7 Å². The van der Waals surface area contributed by atoms with Gasteiger partial charge in [0.05, 0.1) is 6.54 Å². The fraction of sp³-hybridized carbons (Fsp3) is 0.889. The van der Waals surface area contributed by atoms with Crippen molar-refractivity contribution in [3.8, 4) is 0 Å². The van der Waals surface area contributed by atoms with Crippen molar-refractivity contribution in [1.29, 1.82) is 0 Å². The summed E-state index contributed by atoms with van der Waals surface area (Å²) in [6.45, 7) is 15.4. The molecule has 1 aliphatic rings. The summed E-state index contributed by atoms with van der Waals surface area (Å²) in [6, 6.07) is 0. The highest BCUT2D eigenvalue weighted by atomic mass is 16.2. The fourth-order valence-corrected chi connectivity index (χ4v) is 3.13. The van der Waals surface area contributed by atoms with Gasteiger partial charge in [-0.1, -0.05) is 6.92 Å². The number of nitrogens with zero attached hydrogens (tertiary/aromatic N) is 4. The van der Waals surface area contributed by atoms with Crippen LogP contribution >= 0.6 is 0 Å². The summed E-state index contributed by atoms with van der Waals surface area (Å²) >= 11 is 0. The Morgan fingerprint density at radius 2 is 1.83 bits per heavy atom.